The van der Waals surface area contributed by atoms with Gasteiger partial charge >= 0.3 is 6.18 Å². The monoisotopic (exact) mass is 398 g/mol. The Hall–Kier alpha value is -1.12. The first-order chi connectivity index (χ1) is 11.4. The van der Waals surface area contributed by atoms with Gasteiger partial charge in [0.2, 0.25) is 5.91 Å². The smallest absolute Gasteiger partial charge is 0.419 e. The van der Waals surface area contributed by atoms with Gasteiger partial charge in [0.15, 0.2) is 0 Å². The fraction of sp³-hybridized carbons (Fsp3) is 0.562. The van der Waals surface area contributed by atoms with Crippen molar-refractivity contribution in [3.63, 3.8) is 0 Å². The topological polar surface area (TPSA) is 50.4 Å². The molecule has 0 radical (unpaired) electrons. The lowest BCUT2D eigenvalue weighted by Crippen LogP contribution is -2.44. The van der Waals surface area contributed by atoms with Crippen molar-refractivity contribution in [3.05, 3.63) is 29.8 Å². The van der Waals surface area contributed by atoms with E-state index in [2.05, 4.69) is 10.6 Å². The van der Waals surface area contributed by atoms with Crippen molar-refractivity contribution < 1.29 is 22.7 Å². The van der Waals surface area contributed by atoms with Gasteiger partial charge in [-0.3, -0.25) is 4.79 Å². The molecule has 0 spiro atoms. The van der Waals surface area contributed by atoms with Crippen LogP contribution in [0.4, 0.5) is 13.2 Å². The lowest BCUT2D eigenvalue weighted by molar-refractivity contribution is -0.139. The number of thioether (sulfide) groups is 1. The third-order valence-corrected chi connectivity index (χ3v) is 4.65. The summed E-state index contributed by atoms with van der Waals surface area (Å²) in [4.78, 5) is 12.0. The van der Waals surface area contributed by atoms with E-state index in [1.54, 1.807) is 18.7 Å². The van der Waals surface area contributed by atoms with Crippen LogP contribution in [0.25, 0.3) is 0 Å². The van der Waals surface area contributed by atoms with Gasteiger partial charge in [-0.2, -0.15) is 24.9 Å². The molecule has 0 bridgehead atoms. The number of carbonyl (C=O) groups is 1. The van der Waals surface area contributed by atoms with Crippen LogP contribution in [0.15, 0.2) is 24.3 Å². The molecule has 1 heterocycles. The summed E-state index contributed by atoms with van der Waals surface area (Å²) in [5.41, 5.74) is -0.813. The molecule has 0 saturated carbocycles. The third-order valence-electron chi connectivity index (χ3n) is 3.52. The summed E-state index contributed by atoms with van der Waals surface area (Å²) in [6.07, 6.45) is -4.11. The molecule has 0 aromatic heterocycles. The number of carbonyl (C=O) groups excluding carboxylic acids is 1. The normalized spacial score (nSPS) is 18.8. The van der Waals surface area contributed by atoms with Crippen molar-refractivity contribution >= 4 is 30.1 Å². The number of amides is 1. The van der Waals surface area contributed by atoms with E-state index in [0.717, 1.165) is 24.1 Å². The Kier molecular flexibility index (Phi) is 8.88. The summed E-state index contributed by atoms with van der Waals surface area (Å²) in [5, 5.41) is 6.03. The molecule has 2 rings (SSSR count). The van der Waals surface area contributed by atoms with E-state index in [0.29, 0.717) is 6.42 Å². The number of rotatable bonds is 6. The lowest BCUT2D eigenvalue weighted by Gasteiger charge is -2.23. The predicted molar refractivity (Wildman–Crippen MR) is 95.5 cm³/mol. The van der Waals surface area contributed by atoms with Crippen LogP contribution < -0.4 is 15.4 Å². The van der Waals surface area contributed by atoms with Crippen LogP contribution in [0, 0.1) is 0 Å². The molecule has 2 N–H and O–H groups in total. The van der Waals surface area contributed by atoms with Crippen LogP contribution in [0.5, 0.6) is 5.75 Å². The number of halogens is 4. The summed E-state index contributed by atoms with van der Waals surface area (Å²) in [6.45, 7) is 2.57. The number of alkyl halides is 3. The van der Waals surface area contributed by atoms with E-state index in [1.807, 2.05) is 0 Å². The maximum absolute atomic E-state index is 12.9. The first-order valence-electron chi connectivity index (χ1n) is 7.76. The van der Waals surface area contributed by atoms with Gasteiger partial charge in [0.1, 0.15) is 12.4 Å². The molecule has 0 aliphatic carbocycles. The quantitative estimate of drug-likeness (QED) is 0.773. The fourth-order valence-electron chi connectivity index (χ4n) is 2.39. The second kappa shape index (κ2) is 10.1. The van der Waals surface area contributed by atoms with Crippen LogP contribution in [-0.2, 0) is 11.0 Å². The van der Waals surface area contributed by atoms with Crippen molar-refractivity contribution in [1.82, 2.24) is 10.6 Å². The second-order valence-corrected chi connectivity index (χ2v) is 6.85. The molecule has 2 atom stereocenters. The lowest BCUT2D eigenvalue weighted by atomic mass is 10.2. The summed E-state index contributed by atoms with van der Waals surface area (Å²) < 4.78 is 43.9. The Morgan fingerprint density at radius 3 is 2.80 bits per heavy atom. The van der Waals surface area contributed by atoms with Crippen LogP contribution >= 0.6 is 24.2 Å². The minimum atomic E-state index is -4.46. The molecule has 1 aliphatic heterocycles. The standard InChI is InChI=1S/C16H21F3N2O2S.ClH/c1-11(21-15(22)8-12-10-24-7-6-20-12)9-23-14-5-3-2-4-13(14)16(17,18)19;/h2-5,11-12,20H,6-10H2,1H3,(H,21,22);1H. The minimum absolute atomic E-state index is 0. The Morgan fingerprint density at radius 1 is 1.44 bits per heavy atom. The highest BCUT2D eigenvalue weighted by molar-refractivity contribution is 7.99. The van der Waals surface area contributed by atoms with E-state index in [4.69, 9.17) is 4.74 Å². The average Bonchev–Trinajstić information content (AvgIpc) is 2.53. The largest absolute Gasteiger partial charge is 0.491 e. The third kappa shape index (κ3) is 7.33. The van der Waals surface area contributed by atoms with Gasteiger partial charge in [0.25, 0.3) is 0 Å². The Morgan fingerprint density at radius 2 is 2.16 bits per heavy atom. The molecule has 1 aliphatic rings. The van der Waals surface area contributed by atoms with Crippen molar-refractivity contribution in [2.45, 2.75) is 31.6 Å². The molecular formula is C16H22ClF3N2O2S. The van der Waals surface area contributed by atoms with Crippen LogP contribution in [0.1, 0.15) is 18.9 Å². The van der Waals surface area contributed by atoms with Gasteiger partial charge in [-0.15, -0.1) is 12.4 Å². The first-order valence-corrected chi connectivity index (χ1v) is 8.91. The molecule has 1 aromatic carbocycles. The molecule has 25 heavy (non-hydrogen) atoms. The van der Waals surface area contributed by atoms with Crippen molar-refractivity contribution in [1.29, 1.82) is 0 Å². The fourth-order valence-corrected chi connectivity index (χ4v) is 3.34. The van der Waals surface area contributed by atoms with Crippen molar-refractivity contribution in [3.8, 4) is 5.75 Å². The highest BCUT2D eigenvalue weighted by Crippen LogP contribution is 2.35. The minimum Gasteiger partial charge on any atom is -0.491 e. The Balaban J connectivity index is 0.00000312. The number of ether oxygens (including phenoxy) is 1. The Bertz CT molecular complexity index is 554. The van der Waals surface area contributed by atoms with Gasteiger partial charge < -0.3 is 15.4 Å². The number of hydrogen-bond donors (Lipinski definition) is 2. The molecule has 1 fully saturated rings. The van der Waals surface area contributed by atoms with Crippen LogP contribution in [0.2, 0.25) is 0 Å². The van der Waals surface area contributed by atoms with Crippen molar-refractivity contribution in [2.75, 3.05) is 24.7 Å². The molecular weight excluding hydrogens is 377 g/mol. The summed E-state index contributed by atoms with van der Waals surface area (Å²) >= 11 is 1.80. The highest BCUT2D eigenvalue weighted by Gasteiger charge is 2.34. The zero-order chi connectivity index (χ0) is 17.6. The number of nitrogens with one attached hydrogen (secondary N) is 2. The Labute approximate surface area is 155 Å². The highest BCUT2D eigenvalue weighted by atomic mass is 35.5. The van der Waals surface area contributed by atoms with Gasteiger partial charge in [-0.1, -0.05) is 12.1 Å². The van der Waals surface area contributed by atoms with E-state index in [1.165, 1.54) is 18.2 Å². The number of para-hydroxylation sites is 1. The van der Waals surface area contributed by atoms with Gasteiger partial charge in [-0.25, -0.2) is 0 Å². The van der Waals surface area contributed by atoms with E-state index < -0.39 is 11.7 Å². The molecule has 1 amide bonds. The molecule has 1 aromatic rings. The van der Waals surface area contributed by atoms with Crippen molar-refractivity contribution in [2.24, 2.45) is 0 Å². The molecule has 9 heteroatoms. The van der Waals surface area contributed by atoms with Crippen LogP contribution in [-0.4, -0.2) is 42.6 Å². The van der Waals surface area contributed by atoms with Gasteiger partial charge in [-0.05, 0) is 19.1 Å². The molecule has 2 unspecified atom stereocenters. The summed E-state index contributed by atoms with van der Waals surface area (Å²) in [5.74, 6) is 1.57. The second-order valence-electron chi connectivity index (χ2n) is 5.70. The summed E-state index contributed by atoms with van der Waals surface area (Å²) in [7, 11) is 0. The molecule has 4 nitrogen and oxygen atoms in total. The SMILES string of the molecule is CC(COc1ccccc1C(F)(F)F)NC(=O)CC1CSCCN1.Cl. The zero-order valence-corrected chi connectivity index (χ0v) is 15.4. The van der Waals surface area contributed by atoms with Gasteiger partial charge in [0.05, 0.1) is 11.6 Å². The van der Waals surface area contributed by atoms with Gasteiger partial charge in [0, 0.05) is 30.5 Å². The number of hydrogen-bond acceptors (Lipinski definition) is 4. The predicted octanol–water partition coefficient (Wildman–Crippen LogP) is 3.11. The molecule has 1 saturated heterocycles. The summed E-state index contributed by atoms with van der Waals surface area (Å²) in [6, 6.07) is 4.82. The molecule has 142 valence electrons. The van der Waals surface area contributed by atoms with E-state index in [-0.39, 0.29) is 42.8 Å². The maximum atomic E-state index is 12.9. The zero-order valence-electron chi connectivity index (χ0n) is 13.8. The van der Waals surface area contributed by atoms with E-state index in [9.17, 15) is 18.0 Å². The van der Waals surface area contributed by atoms with Crippen LogP contribution in [0.3, 0.4) is 0 Å². The maximum Gasteiger partial charge on any atom is 0.419 e. The van der Waals surface area contributed by atoms with E-state index >= 15 is 0 Å². The first kappa shape index (κ1) is 21.9. The number of benzene rings is 1. The average molecular weight is 399 g/mol.